The fraction of sp³-hybridized carbons (Fsp3) is 0.529. The molecule has 3 rings (SSSR count). The van der Waals surface area contributed by atoms with Gasteiger partial charge in [-0.25, -0.2) is 0 Å². The molecule has 0 radical (unpaired) electrons. The van der Waals surface area contributed by atoms with E-state index in [1.807, 2.05) is 18.4 Å². The first-order chi connectivity index (χ1) is 9.16. The normalized spacial score (nSPS) is 29.5. The second-order valence-electron chi connectivity index (χ2n) is 6.24. The lowest BCUT2D eigenvalue weighted by Gasteiger charge is -2.35. The molecule has 1 aliphatic rings. The Kier molecular flexibility index (Phi) is 3.36. The van der Waals surface area contributed by atoms with Crippen LogP contribution in [0.1, 0.15) is 44.7 Å². The number of rotatable bonds is 2. The molecule has 2 heteroatoms. The van der Waals surface area contributed by atoms with Gasteiger partial charge < -0.3 is 10.2 Å². The van der Waals surface area contributed by atoms with E-state index in [-0.39, 0.29) is 6.04 Å². The molecule has 2 nitrogen and oxygen atoms in total. The molecule has 4 atom stereocenters. The van der Waals surface area contributed by atoms with Crippen LogP contribution in [0.4, 0.5) is 0 Å². The molecular weight excluding hydrogens is 234 g/mol. The SMILES string of the molecule is CC1CCC(C(N)c2coc3ccccc23)CC1C. The third-order valence-corrected chi connectivity index (χ3v) is 5.02. The minimum Gasteiger partial charge on any atom is -0.464 e. The molecule has 1 saturated carbocycles. The lowest BCUT2D eigenvalue weighted by atomic mass is 9.72. The van der Waals surface area contributed by atoms with Crippen molar-refractivity contribution >= 4 is 11.0 Å². The van der Waals surface area contributed by atoms with Gasteiger partial charge in [0.25, 0.3) is 0 Å². The third kappa shape index (κ3) is 2.30. The molecule has 0 spiro atoms. The molecule has 1 aromatic carbocycles. The number of fused-ring (bicyclic) bond motifs is 1. The van der Waals surface area contributed by atoms with Crippen molar-refractivity contribution in [1.29, 1.82) is 0 Å². The summed E-state index contributed by atoms with van der Waals surface area (Å²) in [5, 5.41) is 1.18. The van der Waals surface area contributed by atoms with E-state index in [9.17, 15) is 0 Å². The van der Waals surface area contributed by atoms with Crippen molar-refractivity contribution in [2.24, 2.45) is 23.5 Å². The van der Waals surface area contributed by atoms with E-state index in [1.54, 1.807) is 0 Å². The zero-order valence-electron chi connectivity index (χ0n) is 11.8. The van der Waals surface area contributed by atoms with Crippen LogP contribution in [-0.2, 0) is 0 Å². The molecule has 2 N–H and O–H groups in total. The summed E-state index contributed by atoms with van der Waals surface area (Å²) in [6, 6.07) is 8.30. The largest absolute Gasteiger partial charge is 0.464 e. The Morgan fingerprint density at radius 1 is 1.16 bits per heavy atom. The molecular formula is C17H23NO. The van der Waals surface area contributed by atoms with Crippen LogP contribution in [0.25, 0.3) is 11.0 Å². The Hall–Kier alpha value is -1.28. The van der Waals surface area contributed by atoms with Crippen LogP contribution in [0.15, 0.2) is 34.9 Å². The summed E-state index contributed by atoms with van der Waals surface area (Å²) >= 11 is 0. The first-order valence-electron chi connectivity index (χ1n) is 7.38. The van der Waals surface area contributed by atoms with Crippen LogP contribution in [-0.4, -0.2) is 0 Å². The van der Waals surface area contributed by atoms with Crippen LogP contribution < -0.4 is 5.73 Å². The maximum atomic E-state index is 6.53. The molecule has 19 heavy (non-hydrogen) atoms. The number of furan rings is 1. The summed E-state index contributed by atoms with van der Waals surface area (Å²) in [5.74, 6) is 2.21. The number of nitrogens with two attached hydrogens (primary N) is 1. The quantitative estimate of drug-likeness (QED) is 0.860. The van der Waals surface area contributed by atoms with Gasteiger partial charge in [0.05, 0.1) is 6.26 Å². The predicted octanol–water partition coefficient (Wildman–Crippen LogP) is 4.50. The molecule has 0 bridgehead atoms. The Bertz CT molecular complexity index is 559. The van der Waals surface area contributed by atoms with E-state index in [2.05, 4.69) is 26.0 Å². The summed E-state index contributed by atoms with van der Waals surface area (Å²) in [6.45, 7) is 4.72. The highest BCUT2D eigenvalue weighted by Gasteiger charge is 2.30. The molecule has 4 unspecified atom stereocenters. The molecule has 0 aliphatic heterocycles. The molecule has 0 amide bonds. The second kappa shape index (κ2) is 5.01. The molecule has 1 heterocycles. The second-order valence-corrected chi connectivity index (χ2v) is 6.24. The monoisotopic (exact) mass is 257 g/mol. The summed E-state index contributed by atoms with van der Waals surface area (Å²) < 4.78 is 5.63. The van der Waals surface area contributed by atoms with Crippen molar-refractivity contribution < 1.29 is 4.42 Å². The molecule has 2 aromatic rings. The van der Waals surface area contributed by atoms with Gasteiger partial charge in [-0.05, 0) is 36.7 Å². The minimum atomic E-state index is 0.110. The van der Waals surface area contributed by atoms with Gasteiger partial charge in [-0.2, -0.15) is 0 Å². The Morgan fingerprint density at radius 2 is 1.95 bits per heavy atom. The predicted molar refractivity (Wildman–Crippen MR) is 78.8 cm³/mol. The van der Waals surface area contributed by atoms with Crippen molar-refractivity contribution in [2.75, 3.05) is 0 Å². The van der Waals surface area contributed by atoms with E-state index in [4.69, 9.17) is 10.2 Å². The van der Waals surface area contributed by atoms with Crippen molar-refractivity contribution in [3.63, 3.8) is 0 Å². The number of para-hydroxylation sites is 1. The fourth-order valence-electron chi connectivity index (χ4n) is 3.43. The van der Waals surface area contributed by atoms with Gasteiger partial charge in [0.15, 0.2) is 0 Å². The van der Waals surface area contributed by atoms with E-state index >= 15 is 0 Å². The number of benzene rings is 1. The lowest BCUT2D eigenvalue weighted by Crippen LogP contribution is -2.29. The first-order valence-corrected chi connectivity index (χ1v) is 7.38. The van der Waals surface area contributed by atoms with E-state index in [1.165, 1.54) is 30.2 Å². The van der Waals surface area contributed by atoms with Crippen molar-refractivity contribution in [3.8, 4) is 0 Å². The van der Waals surface area contributed by atoms with Crippen LogP contribution in [0, 0.1) is 17.8 Å². The Balaban J connectivity index is 1.85. The number of hydrogen-bond donors (Lipinski definition) is 1. The lowest BCUT2D eigenvalue weighted by molar-refractivity contribution is 0.186. The van der Waals surface area contributed by atoms with Gasteiger partial charge in [0.2, 0.25) is 0 Å². The maximum absolute atomic E-state index is 6.53. The van der Waals surface area contributed by atoms with Crippen LogP contribution >= 0.6 is 0 Å². The van der Waals surface area contributed by atoms with Crippen molar-refractivity contribution in [2.45, 2.75) is 39.2 Å². The highest BCUT2D eigenvalue weighted by atomic mass is 16.3. The van der Waals surface area contributed by atoms with Gasteiger partial charge in [0, 0.05) is 17.0 Å². The number of hydrogen-bond acceptors (Lipinski definition) is 2. The standard InChI is InChI=1S/C17H23NO/c1-11-7-8-13(9-12(11)2)17(18)15-10-19-16-6-4-3-5-14(15)16/h3-6,10-13,17H,7-9,18H2,1-2H3. The van der Waals surface area contributed by atoms with Gasteiger partial charge in [-0.1, -0.05) is 38.5 Å². The van der Waals surface area contributed by atoms with E-state index < -0.39 is 0 Å². The van der Waals surface area contributed by atoms with E-state index in [0.29, 0.717) is 5.92 Å². The van der Waals surface area contributed by atoms with E-state index in [0.717, 1.165) is 17.4 Å². The van der Waals surface area contributed by atoms with Crippen molar-refractivity contribution in [1.82, 2.24) is 0 Å². The van der Waals surface area contributed by atoms with Crippen LogP contribution in [0.3, 0.4) is 0 Å². The smallest absolute Gasteiger partial charge is 0.134 e. The van der Waals surface area contributed by atoms with Gasteiger partial charge in [0.1, 0.15) is 5.58 Å². The summed E-state index contributed by atoms with van der Waals surface area (Å²) in [6.07, 6.45) is 5.64. The Labute approximate surface area is 115 Å². The third-order valence-electron chi connectivity index (χ3n) is 5.02. The maximum Gasteiger partial charge on any atom is 0.134 e. The molecule has 0 saturated heterocycles. The van der Waals surface area contributed by atoms with Crippen LogP contribution in [0.5, 0.6) is 0 Å². The van der Waals surface area contributed by atoms with Crippen LogP contribution in [0.2, 0.25) is 0 Å². The van der Waals surface area contributed by atoms with Gasteiger partial charge in [-0.15, -0.1) is 0 Å². The van der Waals surface area contributed by atoms with Crippen molar-refractivity contribution in [3.05, 3.63) is 36.1 Å². The average molecular weight is 257 g/mol. The zero-order valence-corrected chi connectivity index (χ0v) is 11.8. The zero-order chi connectivity index (χ0) is 13.4. The summed E-state index contributed by atoms with van der Waals surface area (Å²) in [4.78, 5) is 0. The molecule has 1 aromatic heterocycles. The average Bonchev–Trinajstić information content (AvgIpc) is 2.85. The molecule has 1 fully saturated rings. The highest BCUT2D eigenvalue weighted by Crippen LogP contribution is 2.40. The molecule has 102 valence electrons. The molecule has 1 aliphatic carbocycles. The minimum absolute atomic E-state index is 0.110. The van der Waals surface area contributed by atoms with Gasteiger partial charge in [-0.3, -0.25) is 0 Å². The van der Waals surface area contributed by atoms with Gasteiger partial charge >= 0.3 is 0 Å². The Morgan fingerprint density at radius 3 is 2.74 bits per heavy atom. The highest BCUT2D eigenvalue weighted by molar-refractivity contribution is 5.81. The topological polar surface area (TPSA) is 39.2 Å². The fourth-order valence-corrected chi connectivity index (χ4v) is 3.43. The summed E-state index contributed by atoms with van der Waals surface area (Å²) in [5.41, 5.74) is 8.66. The summed E-state index contributed by atoms with van der Waals surface area (Å²) in [7, 11) is 0. The first kappa shape index (κ1) is 12.7.